The Kier molecular flexibility index (Phi) is 7.50. The molecule has 0 bridgehead atoms. The molecular formula is C13H28N2S. The standard InChI is InChI=1S/C13H28N2S/c1-4-13(5-2)14-11-12(3)15-7-6-9-16-10-8-15/h12-14H,4-11H2,1-3H3. The van der Waals surface area contributed by atoms with Crippen LogP contribution in [0.3, 0.4) is 0 Å². The lowest BCUT2D eigenvalue weighted by molar-refractivity contribution is 0.214. The van der Waals surface area contributed by atoms with Crippen LogP contribution in [0.5, 0.6) is 0 Å². The van der Waals surface area contributed by atoms with E-state index in [1.807, 2.05) is 0 Å². The van der Waals surface area contributed by atoms with Gasteiger partial charge >= 0.3 is 0 Å². The molecule has 0 aromatic carbocycles. The number of rotatable bonds is 6. The molecule has 1 atom stereocenters. The molecule has 1 N–H and O–H groups in total. The molecule has 1 unspecified atom stereocenters. The topological polar surface area (TPSA) is 15.3 Å². The van der Waals surface area contributed by atoms with Crippen LogP contribution in [0.1, 0.15) is 40.0 Å². The molecular weight excluding hydrogens is 216 g/mol. The zero-order chi connectivity index (χ0) is 11.8. The van der Waals surface area contributed by atoms with Crippen LogP contribution < -0.4 is 5.32 Å². The first kappa shape index (κ1) is 14.3. The van der Waals surface area contributed by atoms with E-state index < -0.39 is 0 Å². The molecule has 96 valence electrons. The SMILES string of the molecule is CCC(CC)NCC(C)N1CCCSCC1. The molecule has 1 aliphatic rings. The molecule has 1 heterocycles. The second kappa shape index (κ2) is 8.37. The summed E-state index contributed by atoms with van der Waals surface area (Å²) in [5.74, 6) is 2.67. The number of hydrogen-bond acceptors (Lipinski definition) is 3. The fourth-order valence-corrected chi connectivity index (χ4v) is 3.15. The fourth-order valence-electron chi connectivity index (χ4n) is 2.25. The van der Waals surface area contributed by atoms with Crippen LogP contribution in [0, 0.1) is 0 Å². The summed E-state index contributed by atoms with van der Waals surface area (Å²) in [7, 11) is 0. The van der Waals surface area contributed by atoms with Gasteiger partial charge < -0.3 is 5.32 Å². The third-order valence-electron chi connectivity index (χ3n) is 3.57. The Morgan fingerprint density at radius 2 is 1.94 bits per heavy atom. The highest BCUT2D eigenvalue weighted by atomic mass is 32.2. The molecule has 1 aliphatic heterocycles. The molecule has 1 rings (SSSR count). The van der Waals surface area contributed by atoms with E-state index >= 15 is 0 Å². The van der Waals surface area contributed by atoms with Crippen molar-refractivity contribution in [3.63, 3.8) is 0 Å². The van der Waals surface area contributed by atoms with Gasteiger partial charge in [-0.15, -0.1) is 0 Å². The third-order valence-corrected chi connectivity index (χ3v) is 4.62. The average Bonchev–Trinajstić information content (AvgIpc) is 2.58. The largest absolute Gasteiger partial charge is 0.312 e. The van der Waals surface area contributed by atoms with Crippen molar-refractivity contribution in [2.45, 2.75) is 52.1 Å². The second-order valence-electron chi connectivity index (χ2n) is 4.77. The van der Waals surface area contributed by atoms with E-state index in [-0.39, 0.29) is 0 Å². The van der Waals surface area contributed by atoms with Crippen LogP contribution in [0.15, 0.2) is 0 Å². The molecule has 0 radical (unpaired) electrons. The molecule has 1 fully saturated rings. The molecule has 0 saturated carbocycles. The number of nitrogens with one attached hydrogen (secondary N) is 1. The maximum Gasteiger partial charge on any atom is 0.0192 e. The molecule has 0 aliphatic carbocycles. The van der Waals surface area contributed by atoms with Crippen molar-refractivity contribution in [2.24, 2.45) is 0 Å². The lowest BCUT2D eigenvalue weighted by Gasteiger charge is -2.29. The van der Waals surface area contributed by atoms with E-state index in [1.54, 1.807) is 0 Å². The van der Waals surface area contributed by atoms with E-state index in [0.29, 0.717) is 12.1 Å². The van der Waals surface area contributed by atoms with Crippen LogP contribution in [-0.2, 0) is 0 Å². The van der Waals surface area contributed by atoms with Crippen LogP contribution in [0.25, 0.3) is 0 Å². The number of hydrogen-bond donors (Lipinski definition) is 1. The van der Waals surface area contributed by atoms with Gasteiger partial charge in [0.15, 0.2) is 0 Å². The zero-order valence-electron chi connectivity index (χ0n) is 11.2. The number of nitrogens with zero attached hydrogens (tertiary/aromatic N) is 1. The summed E-state index contributed by atoms with van der Waals surface area (Å²) < 4.78 is 0. The lowest BCUT2D eigenvalue weighted by atomic mass is 10.1. The minimum atomic E-state index is 0.694. The summed E-state index contributed by atoms with van der Waals surface area (Å²) in [5.41, 5.74) is 0. The van der Waals surface area contributed by atoms with Crippen LogP contribution in [0.2, 0.25) is 0 Å². The van der Waals surface area contributed by atoms with Crippen molar-refractivity contribution >= 4 is 11.8 Å². The Morgan fingerprint density at radius 3 is 2.62 bits per heavy atom. The maximum atomic E-state index is 3.69. The monoisotopic (exact) mass is 244 g/mol. The Bertz CT molecular complexity index is 163. The summed E-state index contributed by atoms with van der Waals surface area (Å²) in [6.07, 6.45) is 3.86. The van der Waals surface area contributed by atoms with Gasteiger partial charge in [-0.1, -0.05) is 13.8 Å². The lowest BCUT2D eigenvalue weighted by Crippen LogP contribution is -2.44. The summed E-state index contributed by atoms with van der Waals surface area (Å²) in [4.78, 5) is 2.65. The minimum absolute atomic E-state index is 0.694. The van der Waals surface area contributed by atoms with Crippen molar-refractivity contribution in [3.05, 3.63) is 0 Å². The molecule has 2 nitrogen and oxygen atoms in total. The molecule has 0 aromatic heterocycles. The van der Waals surface area contributed by atoms with Crippen LogP contribution >= 0.6 is 11.8 Å². The smallest absolute Gasteiger partial charge is 0.0192 e. The molecule has 1 saturated heterocycles. The van der Waals surface area contributed by atoms with E-state index in [1.165, 1.54) is 43.9 Å². The molecule has 16 heavy (non-hydrogen) atoms. The molecule has 0 spiro atoms. The Balaban J connectivity index is 2.24. The normalized spacial score (nSPS) is 21.0. The summed E-state index contributed by atoms with van der Waals surface area (Å²) in [5, 5.41) is 3.69. The van der Waals surface area contributed by atoms with Crippen molar-refractivity contribution in [2.75, 3.05) is 31.1 Å². The molecule has 0 aromatic rings. The first-order chi connectivity index (χ1) is 7.77. The van der Waals surface area contributed by atoms with E-state index in [2.05, 4.69) is 42.7 Å². The molecule has 0 amide bonds. The van der Waals surface area contributed by atoms with E-state index in [0.717, 1.165) is 6.54 Å². The summed E-state index contributed by atoms with van der Waals surface area (Å²) in [6, 6.07) is 1.41. The zero-order valence-corrected chi connectivity index (χ0v) is 12.0. The summed E-state index contributed by atoms with van der Waals surface area (Å²) >= 11 is 2.11. The predicted molar refractivity (Wildman–Crippen MR) is 75.3 cm³/mol. The van der Waals surface area contributed by atoms with Gasteiger partial charge in [0.25, 0.3) is 0 Å². The van der Waals surface area contributed by atoms with Gasteiger partial charge in [-0.2, -0.15) is 11.8 Å². The first-order valence-corrected chi connectivity index (χ1v) is 7.98. The van der Waals surface area contributed by atoms with E-state index in [9.17, 15) is 0 Å². The van der Waals surface area contributed by atoms with Crippen LogP contribution in [0.4, 0.5) is 0 Å². The van der Waals surface area contributed by atoms with Gasteiger partial charge in [0.1, 0.15) is 0 Å². The Labute approximate surface area is 106 Å². The van der Waals surface area contributed by atoms with Gasteiger partial charge in [-0.3, -0.25) is 4.90 Å². The van der Waals surface area contributed by atoms with Gasteiger partial charge in [0.05, 0.1) is 0 Å². The highest BCUT2D eigenvalue weighted by Crippen LogP contribution is 2.12. The van der Waals surface area contributed by atoms with Crippen molar-refractivity contribution < 1.29 is 0 Å². The van der Waals surface area contributed by atoms with Gasteiger partial charge in [-0.05, 0) is 38.5 Å². The minimum Gasteiger partial charge on any atom is -0.312 e. The van der Waals surface area contributed by atoms with Gasteiger partial charge in [0, 0.05) is 30.9 Å². The Hall–Kier alpha value is 0.270. The van der Waals surface area contributed by atoms with Crippen molar-refractivity contribution in [1.29, 1.82) is 0 Å². The Morgan fingerprint density at radius 1 is 1.19 bits per heavy atom. The highest BCUT2D eigenvalue weighted by Gasteiger charge is 2.16. The summed E-state index contributed by atoms with van der Waals surface area (Å²) in [6.45, 7) is 10.6. The predicted octanol–water partition coefficient (Wildman–Crippen LogP) is 2.59. The average molecular weight is 244 g/mol. The second-order valence-corrected chi connectivity index (χ2v) is 6.00. The fraction of sp³-hybridized carbons (Fsp3) is 1.00. The first-order valence-electron chi connectivity index (χ1n) is 6.83. The third kappa shape index (κ3) is 5.07. The number of thioether (sulfide) groups is 1. The molecule has 3 heteroatoms. The van der Waals surface area contributed by atoms with Gasteiger partial charge in [0.2, 0.25) is 0 Å². The van der Waals surface area contributed by atoms with Crippen molar-refractivity contribution in [1.82, 2.24) is 10.2 Å². The quantitative estimate of drug-likeness (QED) is 0.773. The highest BCUT2D eigenvalue weighted by molar-refractivity contribution is 7.99. The van der Waals surface area contributed by atoms with Crippen molar-refractivity contribution in [3.8, 4) is 0 Å². The van der Waals surface area contributed by atoms with Crippen LogP contribution in [-0.4, -0.2) is 48.1 Å². The van der Waals surface area contributed by atoms with E-state index in [4.69, 9.17) is 0 Å². The van der Waals surface area contributed by atoms with Gasteiger partial charge in [-0.25, -0.2) is 0 Å². The maximum absolute atomic E-state index is 3.69.